The molecule has 0 atom stereocenters. The summed E-state index contributed by atoms with van der Waals surface area (Å²) in [5, 5.41) is 11.6. The van der Waals surface area contributed by atoms with Crippen LogP contribution in [0.1, 0.15) is 18.4 Å². The first-order chi connectivity index (χ1) is 14.2. The van der Waals surface area contributed by atoms with E-state index in [9.17, 15) is 4.79 Å². The van der Waals surface area contributed by atoms with E-state index in [1.165, 1.54) is 12.8 Å². The maximum Gasteiger partial charge on any atom is 0.262 e. The van der Waals surface area contributed by atoms with E-state index in [1.54, 1.807) is 0 Å². The number of carbonyl (C=O) groups is 1. The van der Waals surface area contributed by atoms with Crippen molar-refractivity contribution in [1.82, 2.24) is 10.2 Å². The zero-order chi connectivity index (χ0) is 20.1. The molecule has 148 valence electrons. The van der Waals surface area contributed by atoms with Crippen LogP contribution in [0.25, 0.3) is 11.3 Å². The van der Waals surface area contributed by atoms with Crippen molar-refractivity contribution in [3.05, 3.63) is 66.2 Å². The van der Waals surface area contributed by atoms with E-state index >= 15 is 0 Å². The van der Waals surface area contributed by atoms with Crippen LogP contribution in [0.2, 0.25) is 0 Å². The Morgan fingerprint density at radius 2 is 1.86 bits per heavy atom. The van der Waals surface area contributed by atoms with E-state index in [0.29, 0.717) is 11.4 Å². The van der Waals surface area contributed by atoms with Crippen molar-refractivity contribution >= 4 is 17.4 Å². The summed E-state index contributed by atoms with van der Waals surface area (Å²) in [7, 11) is 0. The lowest BCUT2D eigenvalue weighted by Gasteiger charge is -2.15. The summed E-state index contributed by atoms with van der Waals surface area (Å²) >= 11 is 0. The van der Waals surface area contributed by atoms with Gasteiger partial charge in [0.1, 0.15) is 5.75 Å². The predicted molar refractivity (Wildman–Crippen MR) is 114 cm³/mol. The minimum atomic E-state index is -0.208. The molecule has 4 rings (SSSR count). The summed E-state index contributed by atoms with van der Waals surface area (Å²) in [6.07, 6.45) is 2.41. The van der Waals surface area contributed by atoms with Gasteiger partial charge >= 0.3 is 0 Å². The molecule has 1 aliphatic rings. The van der Waals surface area contributed by atoms with Gasteiger partial charge in [0.25, 0.3) is 5.91 Å². The summed E-state index contributed by atoms with van der Waals surface area (Å²) in [6, 6.07) is 19.2. The largest absolute Gasteiger partial charge is 0.483 e. The van der Waals surface area contributed by atoms with Gasteiger partial charge in [0, 0.05) is 24.3 Å². The maximum absolute atomic E-state index is 12.3. The fourth-order valence-corrected chi connectivity index (χ4v) is 3.41. The average Bonchev–Trinajstić information content (AvgIpc) is 3.28. The number of amides is 1. The molecule has 1 aliphatic heterocycles. The Labute approximate surface area is 170 Å². The Hall–Kier alpha value is -3.41. The quantitative estimate of drug-likeness (QED) is 0.689. The second-order valence-corrected chi connectivity index (χ2v) is 7.15. The van der Waals surface area contributed by atoms with Crippen LogP contribution in [-0.2, 0) is 4.79 Å². The molecule has 0 unspecified atom stereocenters. The number of nitrogens with zero attached hydrogens (tertiary/aromatic N) is 3. The maximum atomic E-state index is 12.3. The lowest BCUT2D eigenvalue weighted by atomic mass is 10.1. The molecule has 0 bridgehead atoms. The first-order valence-electron chi connectivity index (χ1n) is 9.86. The molecule has 2 aromatic carbocycles. The van der Waals surface area contributed by atoms with Crippen LogP contribution in [0.4, 0.5) is 11.5 Å². The summed E-state index contributed by atoms with van der Waals surface area (Å²) in [4.78, 5) is 14.5. The lowest BCUT2D eigenvalue weighted by molar-refractivity contribution is -0.118. The zero-order valence-corrected chi connectivity index (χ0v) is 16.5. The molecule has 1 N–H and O–H groups in total. The number of aryl methyl sites for hydroxylation is 1. The van der Waals surface area contributed by atoms with Crippen LogP contribution in [0.5, 0.6) is 5.75 Å². The predicted octanol–water partition coefficient (Wildman–Crippen LogP) is 4.07. The second kappa shape index (κ2) is 8.73. The van der Waals surface area contributed by atoms with Crippen molar-refractivity contribution in [2.24, 2.45) is 0 Å². The average molecular weight is 388 g/mol. The van der Waals surface area contributed by atoms with Crippen molar-refractivity contribution in [2.75, 3.05) is 29.9 Å². The molecule has 6 nitrogen and oxygen atoms in total. The van der Waals surface area contributed by atoms with Crippen LogP contribution >= 0.6 is 0 Å². The van der Waals surface area contributed by atoms with Gasteiger partial charge in [-0.05, 0) is 55.7 Å². The van der Waals surface area contributed by atoms with Crippen LogP contribution in [0.15, 0.2) is 60.7 Å². The van der Waals surface area contributed by atoms with Gasteiger partial charge in [0.05, 0.1) is 5.69 Å². The van der Waals surface area contributed by atoms with E-state index in [2.05, 4.69) is 20.4 Å². The SMILES string of the molecule is Cc1ccccc1OCC(=O)Nc1cccc(-c2ccc(N3CCCC3)nn2)c1. The molecular formula is C23H24N4O2. The summed E-state index contributed by atoms with van der Waals surface area (Å²) in [5.74, 6) is 1.43. The van der Waals surface area contributed by atoms with Crippen molar-refractivity contribution in [3.8, 4) is 17.0 Å². The monoisotopic (exact) mass is 388 g/mol. The third kappa shape index (κ3) is 4.71. The number of hydrogen-bond donors (Lipinski definition) is 1. The van der Waals surface area contributed by atoms with E-state index in [1.807, 2.05) is 67.6 Å². The van der Waals surface area contributed by atoms with Crippen LogP contribution in [-0.4, -0.2) is 35.8 Å². The molecule has 0 aliphatic carbocycles. The van der Waals surface area contributed by atoms with Crippen molar-refractivity contribution in [1.29, 1.82) is 0 Å². The number of rotatable bonds is 6. The summed E-state index contributed by atoms with van der Waals surface area (Å²) in [6.45, 7) is 3.99. The number of anilines is 2. The van der Waals surface area contributed by atoms with Crippen molar-refractivity contribution in [3.63, 3.8) is 0 Å². The number of carbonyl (C=O) groups excluding carboxylic acids is 1. The number of para-hydroxylation sites is 1. The topological polar surface area (TPSA) is 67.3 Å². The fraction of sp³-hybridized carbons (Fsp3) is 0.261. The highest BCUT2D eigenvalue weighted by Crippen LogP contribution is 2.23. The summed E-state index contributed by atoms with van der Waals surface area (Å²) < 4.78 is 5.61. The fourth-order valence-electron chi connectivity index (χ4n) is 3.41. The van der Waals surface area contributed by atoms with Gasteiger partial charge in [0.2, 0.25) is 0 Å². The van der Waals surface area contributed by atoms with Crippen molar-refractivity contribution in [2.45, 2.75) is 19.8 Å². The molecule has 1 saturated heterocycles. The number of hydrogen-bond acceptors (Lipinski definition) is 5. The van der Waals surface area contributed by atoms with Gasteiger partial charge in [-0.2, -0.15) is 0 Å². The number of aromatic nitrogens is 2. The standard InChI is InChI=1S/C23H24N4O2/c1-17-7-2-3-10-21(17)29-16-23(28)24-19-9-6-8-18(15-19)20-11-12-22(26-25-20)27-13-4-5-14-27/h2-3,6-12,15H,4-5,13-14,16H2,1H3,(H,24,28). The van der Waals surface area contributed by atoms with Crippen molar-refractivity contribution < 1.29 is 9.53 Å². The van der Waals surface area contributed by atoms with Gasteiger partial charge < -0.3 is 15.0 Å². The molecule has 2 heterocycles. The van der Waals surface area contributed by atoms with Gasteiger partial charge in [0.15, 0.2) is 12.4 Å². The van der Waals surface area contributed by atoms with E-state index < -0.39 is 0 Å². The third-order valence-corrected chi connectivity index (χ3v) is 4.97. The highest BCUT2D eigenvalue weighted by molar-refractivity contribution is 5.92. The molecule has 1 amide bonds. The normalized spacial score (nSPS) is 13.3. The van der Waals surface area contributed by atoms with Gasteiger partial charge in [-0.3, -0.25) is 4.79 Å². The molecular weight excluding hydrogens is 364 g/mol. The zero-order valence-electron chi connectivity index (χ0n) is 16.5. The molecule has 1 fully saturated rings. The third-order valence-electron chi connectivity index (χ3n) is 4.97. The van der Waals surface area contributed by atoms with Gasteiger partial charge in [-0.1, -0.05) is 30.3 Å². The van der Waals surface area contributed by atoms with Gasteiger partial charge in [-0.25, -0.2) is 0 Å². The highest BCUT2D eigenvalue weighted by atomic mass is 16.5. The van der Waals surface area contributed by atoms with Crippen LogP contribution in [0.3, 0.4) is 0 Å². The Bertz CT molecular complexity index is 982. The molecule has 3 aromatic rings. The Balaban J connectivity index is 1.39. The molecule has 1 aromatic heterocycles. The van der Waals surface area contributed by atoms with Crippen LogP contribution < -0.4 is 15.0 Å². The second-order valence-electron chi connectivity index (χ2n) is 7.15. The summed E-state index contributed by atoms with van der Waals surface area (Å²) in [5.41, 5.74) is 3.38. The van der Waals surface area contributed by atoms with E-state index in [4.69, 9.17) is 4.74 Å². The lowest BCUT2D eigenvalue weighted by Crippen LogP contribution is -2.20. The first-order valence-corrected chi connectivity index (χ1v) is 9.86. The van der Waals surface area contributed by atoms with E-state index in [-0.39, 0.29) is 12.5 Å². The molecule has 29 heavy (non-hydrogen) atoms. The molecule has 0 saturated carbocycles. The van der Waals surface area contributed by atoms with Crippen LogP contribution in [0, 0.1) is 6.92 Å². The molecule has 0 spiro atoms. The number of nitrogens with one attached hydrogen (secondary N) is 1. The Kier molecular flexibility index (Phi) is 5.70. The van der Waals surface area contributed by atoms with E-state index in [0.717, 1.165) is 35.7 Å². The highest BCUT2D eigenvalue weighted by Gasteiger charge is 2.14. The number of ether oxygens (including phenoxy) is 1. The Morgan fingerprint density at radius 3 is 2.62 bits per heavy atom. The first kappa shape index (κ1) is 18.9. The smallest absolute Gasteiger partial charge is 0.262 e. The number of benzene rings is 2. The molecule has 0 radical (unpaired) electrons. The minimum absolute atomic E-state index is 0.0422. The Morgan fingerprint density at radius 1 is 1.03 bits per heavy atom. The molecule has 6 heteroatoms. The minimum Gasteiger partial charge on any atom is -0.483 e. The van der Waals surface area contributed by atoms with Gasteiger partial charge in [-0.15, -0.1) is 10.2 Å².